The average Bonchev–Trinajstić information content (AvgIpc) is 3.43. The molecule has 3 nitrogen and oxygen atoms in total. The van der Waals surface area contributed by atoms with E-state index in [1.54, 1.807) is 0 Å². The first-order valence-electron chi connectivity index (χ1n) is 22.3. The second kappa shape index (κ2) is 13.4. The normalized spacial score (nSPS) is 19.2. The molecule has 2 atom stereocenters. The molecule has 1 fully saturated rings. The lowest BCUT2D eigenvalue weighted by Gasteiger charge is -2.56. The zero-order valence-electron chi connectivity index (χ0n) is 36.2. The topological polar surface area (TPSA) is 9.72 Å². The van der Waals surface area contributed by atoms with Crippen LogP contribution in [0.25, 0.3) is 22.3 Å². The molecule has 0 bridgehead atoms. The highest BCUT2D eigenvalue weighted by atomic mass is 15.3. The first-order chi connectivity index (χ1) is 30.1. The molecule has 1 aliphatic carbocycles. The van der Waals surface area contributed by atoms with E-state index in [0.717, 1.165) is 17.8 Å². The molecule has 0 aromatic heterocycles. The van der Waals surface area contributed by atoms with Crippen molar-refractivity contribution in [3.63, 3.8) is 0 Å². The first-order valence-corrected chi connectivity index (χ1v) is 22.3. The van der Waals surface area contributed by atoms with Gasteiger partial charge in [0.25, 0.3) is 6.71 Å². The van der Waals surface area contributed by atoms with Gasteiger partial charge in [-0.3, -0.25) is 0 Å². The molecule has 8 aromatic carbocycles. The van der Waals surface area contributed by atoms with Gasteiger partial charge in [-0.2, -0.15) is 0 Å². The minimum atomic E-state index is -0.0819. The van der Waals surface area contributed by atoms with Crippen LogP contribution < -0.4 is 31.1 Å². The summed E-state index contributed by atoms with van der Waals surface area (Å²) in [5, 5.41) is 0. The summed E-state index contributed by atoms with van der Waals surface area (Å²) in [6.45, 7) is 12.1. The van der Waals surface area contributed by atoms with Crippen LogP contribution in [0.15, 0.2) is 188 Å². The van der Waals surface area contributed by atoms with Crippen molar-refractivity contribution in [2.75, 3.05) is 14.7 Å². The number of hydrogen-bond donors (Lipinski definition) is 0. The minimum absolute atomic E-state index is 0.0309. The number of rotatable bonds is 5. The molecule has 1 saturated carbocycles. The van der Waals surface area contributed by atoms with Crippen molar-refractivity contribution >= 4 is 68.6 Å². The lowest BCUT2D eigenvalue weighted by atomic mass is 9.33. The SMILES string of the molecule is CC(C)(C)c1ccc2c(c1)C1(C)CCC1(C)N2c1cc2c3c(c1)N(c1cccc(-c4ccccc4)c1)c1cc(-c4ccccc4)ccc1B3c1ccccc1N2c1ccccc1. The van der Waals surface area contributed by atoms with E-state index in [1.807, 2.05) is 0 Å². The van der Waals surface area contributed by atoms with Crippen molar-refractivity contribution in [1.29, 1.82) is 0 Å². The molecule has 3 heterocycles. The Morgan fingerprint density at radius 1 is 0.435 bits per heavy atom. The monoisotopic (exact) mass is 799 g/mol. The van der Waals surface area contributed by atoms with Gasteiger partial charge in [0.1, 0.15) is 0 Å². The van der Waals surface area contributed by atoms with Crippen LogP contribution in [-0.2, 0) is 10.8 Å². The summed E-state index contributed by atoms with van der Waals surface area (Å²) in [6, 6.07) is 70.6. The van der Waals surface area contributed by atoms with Gasteiger partial charge in [-0.05, 0) is 130 Å². The third-order valence-electron chi connectivity index (χ3n) is 15.0. The Kier molecular flexibility index (Phi) is 7.98. The Bertz CT molecular complexity index is 3060. The molecule has 300 valence electrons. The Morgan fingerprint density at radius 3 is 1.68 bits per heavy atom. The molecule has 62 heavy (non-hydrogen) atoms. The summed E-state index contributed by atoms with van der Waals surface area (Å²) < 4.78 is 0. The van der Waals surface area contributed by atoms with Crippen LogP contribution >= 0.6 is 0 Å². The second-order valence-corrected chi connectivity index (χ2v) is 19.4. The molecule has 0 saturated heterocycles. The fraction of sp³-hybridized carbons (Fsp3) is 0.172. The number of fused-ring (bicyclic) bond motifs is 7. The molecule has 4 aliphatic rings. The maximum atomic E-state index is 2.74. The second-order valence-electron chi connectivity index (χ2n) is 19.4. The molecular weight excluding hydrogens is 749 g/mol. The van der Waals surface area contributed by atoms with E-state index >= 15 is 0 Å². The lowest BCUT2D eigenvalue weighted by molar-refractivity contribution is 0.133. The summed E-state index contributed by atoms with van der Waals surface area (Å²) in [7, 11) is 0. The lowest BCUT2D eigenvalue weighted by Crippen LogP contribution is -2.62. The van der Waals surface area contributed by atoms with Crippen LogP contribution in [-0.4, -0.2) is 12.3 Å². The van der Waals surface area contributed by atoms with Crippen molar-refractivity contribution in [3.8, 4) is 22.3 Å². The van der Waals surface area contributed by atoms with Gasteiger partial charge in [-0.25, -0.2) is 0 Å². The Balaban J connectivity index is 1.18. The molecule has 0 amide bonds. The fourth-order valence-corrected chi connectivity index (χ4v) is 11.4. The van der Waals surface area contributed by atoms with E-state index in [0.29, 0.717) is 0 Å². The molecular formula is C58H50BN3. The Hall–Kier alpha value is -6.78. The highest BCUT2D eigenvalue weighted by Gasteiger charge is 2.63. The third kappa shape index (κ3) is 5.25. The van der Waals surface area contributed by atoms with E-state index in [1.165, 1.54) is 90.3 Å². The van der Waals surface area contributed by atoms with Crippen LogP contribution in [0.3, 0.4) is 0 Å². The Morgan fingerprint density at radius 2 is 1.02 bits per heavy atom. The van der Waals surface area contributed by atoms with Gasteiger partial charge in [-0.1, -0.05) is 161 Å². The zero-order chi connectivity index (χ0) is 42.0. The summed E-state index contributed by atoms with van der Waals surface area (Å²) in [5.74, 6) is 0. The predicted octanol–water partition coefficient (Wildman–Crippen LogP) is 13.4. The summed E-state index contributed by atoms with van der Waals surface area (Å²) in [5.41, 5.74) is 21.5. The molecule has 8 aromatic rings. The van der Waals surface area contributed by atoms with Gasteiger partial charge in [0, 0.05) is 50.9 Å². The maximum absolute atomic E-state index is 2.74. The van der Waals surface area contributed by atoms with E-state index in [9.17, 15) is 0 Å². The highest BCUT2D eigenvalue weighted by Crippen LogP contribution is 2.66. The molecule has 12 rings (SSSR count). The highest BCUT2D eigenvalue weighted by molar-refractivity contribution is 7.00. The van der Waals surface area contributed by atoms with Gasteiger partial charge in [0.2, 0.25) is 0 Å². The number of para-hydroxylation sites is 2. The average molecular weight is 800 g/mol. The molecule has 3 aliphatic heterocycles. The van der Waals surface area contributed by atoms with E-state index < -0.39 is 0 Å². The van der Waals surface area contributed by atoms with E-state index in [4.69, 9.17) is 0 Å². The third-order valence-corrected chi connectivity index (χ3v) is 15.0. The van der Waals surface area contributed by atoms with Crippen molar-refractivity contribution in [3.05, 3.63) is 199 Å². The van der Waals surface area contributed by atoms with E-state index in [2.05, 4.69) is 237 Å². The van der Waals surface area contributed by atoms with Gasteiger partial charge >= 0.3 is 0 Å². The molecule has 0 spiro atoms. The smallest absolute Gasteiger partial charge is 0.252 e. The summed E-state index contributed by atoms with van der Waals surface area (Å²) >= 11 is 0. The van der Waals surface area contributed by atoms with Gasteiger partial charge in [0.15, 0.2) is 0 Å². The largest absolute Gasteiger partial charge is 0.334 e. The number of hydrogen-bond acceptors (Lipinski definition) is 3. The van der Waals surface area contributed by atoms with Crippen LogP contribution in [0.4, 0.5) is 45.5 Å². The van der Waals surface area contributed by atoms with Crippen LogP contribution in [0.1, 0.15) is 58.6 Å². The van der Waals surface area contributed by atoms with E-state index in [-0.39, 0.29) is 23.1 Å². The van der Waals surface area contributed by atoms with Crippen molar-refractivity contribution in [2.45, 2.75) is 63.8 Å². The van der Waals surface area contributed by atoms with Crippen LogP contribution in [0.5, 0.6) is 0 Å². The van der Waals surface area contributed by atoms with Gasteiger partial charge < -0.3 is 14.7 Å². The predicted molar refractivity (Wildman–Crippen MR) is 264 cm³/mol. The number of benzene rings is 8. The van der Waals surface area contributed by atoms with Crippen LogP contribution in [0.2, 0.25) is 0 Å². The van der Waals surface area contributed by atoms with Crippen molar-refractivity contribution in [2.24, 2.45) is 0 Å². The maximum Gasteiger partial charge on any atom is 0.252 e. The summed E-state index contributed by atoms with van der Waals surface area (Å²) in [6.07, 6.45) is 2.31. The molecule has 2 unspecified atom stereocenters. The standard InChI is InChI=1S/C58H50BN3/c1-56(2,3)43-29-31-50-47(36-43)57(4)32-33-58(57,5)62(50)46-37-53-55-54(38-46)61(45-25-17-22-41(34-45)39-18-9-6-10-19-39)52-35-42(40-20-11-7-12-21-40)28-30-49(52)59(55)48-26-15-16-27-51(48)60(53)44-23-13-8-14-24-44/h6-31,34-38H,32-33H2,1-5H3. The van der Waals surface area contributed by atoms with Gasteiger partial charge in [-0.15, -0.1) is 0 Å². The quantitative estimate of drug-likeness (QED) is 0.161. The molecule has 0 radical (unpaired) electrons. The summed E-state index contributed by atoms with van der Waals surface area (Å²) in [4.78, 5) is 7.87. The molecule has 4 heteroatoms. The number of anilines is 8. The van der Waals surface area contributed by atoms with Crippen LogP contribution in [0, 0.1) is 0 Å². The zero-order valence-corrected chi connectivity index (χ0v) is 36.2. The van der Waals surface area contributed by atoms with Gasteiger partial charge in [0.05, 0.1) is 5.54 Å². The molecule has 0 N–H and O–H groups in total. The minimum Gasteiger partial charge on any atom is -0.334 e. The number of nitrogens with zero attached hydrogens (tertiary/aromatic N) is 3. The van der Waals surface area contributed by atoms with Crippen molar-refractivity contribution in [1.82, 2.24) is 0 Å². The Labute approximate surface area is 367 Å². The van der Waals surface area contributed by atoms with Crippen molar-refractivity contribution < 1.29 is 0 Å². The first kappa shape index (κ1) is 37.0. The fourth-order valence-electron chi connectivity index (χ4n) is 11.4.